The van der Waals surface area contributed by atoms with E-state index in [1.54, 1.807) is 0 Å². The minimum absolute atomic E-state index is 0.0173. The van der Waals surface area contributed by atoms with E-state index in [2.05, 4.69) is 20.8 Å². The molecule has 0 aliphatic heterocycles. The van der Waals surface area contributed by atoms with E-state index in [-0.39, 0.29) is 5.41 Å². The lowest BCUT2D eigenvalue weighted by molar-refractivity contribution is -0.148. The van der Waals surface area contributed by atoms with Crippen LogP contribution in [0.1, 0.15) is 37.5 Å². The summed E-state index contributed by atoms with van der Waals surface area (Å²) in [5.41, 5.74) is 3.66. The number of likely N-dealkylation sites (N-methyl/N-ethyl adjacent to an activating group) is 1. The van der Waals surface area contributed by atoms with E-state index in [4.69, 9.17) is 5.11 Å². The molecular formula is C15H21NO3. The molecule has 0 spiro atoms. The van der Waals surface area contributed by atoms with E-state index in [0.29, 0.717) is 5.69 Å². The molecule has 0 aromatic heterocycles. The Balaban J connectivity index is 3.32. The number of carbonyl (C=O) groups is 2. The highest BCUT2D eigenvalue weighted by Crippen LogP contribution is 2.31. The number of aryl methyl sites for hydroxylation is 2. The average Bonchev–Trinajstić information content (AvgIpc) is 2.25. The monoisotopic (exact) mass is 263 g/mol. The summed E-state index contributed by atoms with van der Waals surface area (Å²) >= 11 is 0. The predicted octanol–water partition coefficient (Wildman–Crippen LogP) is 2.65. The summed E-state index contributed by atoms with van der Waals surface area (Å²) in [7, 11) is 1.49. The second-order valence-corrected chi connectivity index (χ2v) is 5.88. The number of hydrogen-bond acceptors (Lipinski definition) is 2. The molecule has 1 amide bonds. The number of aliphatic carboxylic acids is 1. The van der Waals surface area contributed by atoms with Gasteiger partial charge in [0, 0.05) is 12.7 Å². The van der Waals surface area contributed by atoms with E-state index >= 15 is 0 Å². The number of nitrogens with zero attached hydrogens (tertiary/aromatic N) is 1. The van der Waals surface area contributed by atoms with Crippen molar-refractivity contribution >= 4 is 17.6 Å². The van der Waals surface area contributed by atoms with E-state index in [1.165, 1.54) is 17.5 Å². The summed E-state index contributed by atoms with van der Waals surface area (Å²) < 4.78 is 0. The zero-order valence-electron chi connectivity index (χ0n) is 12.4. The molecule has 0 atom stereocenters. The van der Waals surface area contributed by atoms with Crippen LogP contribution in [0.2, 0.25) is 0 Å². The number of carboxylic acid groups (broad SMARTS) is 1. The first kappa shape index (κ1) is 15.2. The fraction of sp³-hybridized carbons (Fsp3) is 0.467. The minimum atomic E-state index is -1.44. The molecule has 19 heavy (non-hydrogen) atoms. The van der Waals surface area contributed by atoms with Gasteiger partial charge < -0.3 is 10.0 Å². The number of rotatable bonds is 1. The fourth-order valence-corrected chi connectivity index (χ4v) is 2.16. The van der Waals surface area contributed by atoms with Crippen molar-refractivity contribution < 1.29 is 14.7 Å². The van der Waals surface area contributed by atoms with E-state index in [1.807, 2.05) is 26.0 Å². The van der Waals surface area contributed by atoms with Crippen LogP contribution in [0.15, 0.2) is 12.1 Å². The molecule has 1 aromatic rings. The lowest BCUT2D eigenvalue weighted by atomic mass is 9.84. The van der Waals surface area contributed by atoms with Gasteiger partial charge in [-0.1, -0.05) is 32.9 Å². The van der Waals surface area contributed by atoms with Gasteiger partial charge in [-0.3, -0.25) is 4.79 Å². The van der Waals surface area contributed by atoms with Crippen molar-refractivity contribution in [2.24, 2.45) is 0 Å². The second-order valence-electron chi connectivity index (χ2n) is 5.88. The molecule has 1 rings (SSSR count). The standard InChI is InChI=1S/C15H21NO3/c1-9-7-11(15(3,4)5)8-10(2)12(9)16(6)13(17)14(18)19/h7-8H,1-6H3,(H,18,19). The molecule has 0 unspecified atom stereocenters. The van der Waals surface area contributed by atoms with E-state index in [0.717, 1.165) is 11.1 Å². The molecule has 0 radical (unpaired) electrons. The van der Waals surface area contributed by atoms with Gasteiger partial charge in [-0.05, 0) is 36.0 Å². The first-order valence-electron chi connectivity index (χ1n) is 6.18. The Morgan fingerprint density at radius 3 is 1.84 bits per heavy atom. The molecule has 0 fully saturated rings. The number of carbonyl (C=O) groups excluding carboxylic acids is 1. The number of hydrogen-bond donors (Lipinski definition) is 1. The molecule has 0 bridgehead atoms. The van der Waals surface area contributed by atoms with Gasteiger partial charge >= 0.3 is 11.9 Å². The Morgan fingerprint density at radius 2 is 1.53 bits per heavy atom. The van der Waals surface area contributed by atoms with Gasteiger partial charge in [0.15, 0.2) is 0 Å². The van der Waals surface area contributed by atoms with E-state index < -0.39 is 11.9 Å². The van der Waals surface area contributed by atoms with Gasteiger partial charge in [-0.15, -0.1) is 0 Å². The van der Waals surface area contributed by atoms with Gasteiger partial charge in [0.2, 0.25) is 0 Å². The molecule has 4 nitrogen and oxygen atoms in total. The quantitative estimate of drug-likeness (QED) is 0.792. The summed E-state index contributed by atoms with van der Waals surface area (Å²) in [5, 5.41) is 8.79. The molecule has 0 aliphatic carbocycles. The number of carboxylic acids is 1. The molecular weight excluding hydrogens is 242 g/mol. The smallest absolute Gasteiger partial charge is 0.394 e. The van der Waals surface area contributed by atoms with Crippen LogP contribution in [-0.4, -0.2) is 24.0 Å². The first-order valence-corrected chi connectivity index (χ1v) is 6.18. The Hall–Kier alpha value is -1.84. The minimum Gasteiger partial charge on any atom is -0.474 e. The van der Waals surface area contributed by atoms with E-state index in [9.17, 15) is 9.59 Å². The van der Waals surface area contributed by atoms with Gasteiger partial charge in [-0.25, -0.2) is 4.79 Å². The highest BCUT2D eigenvalue weighted by atomic mass is 16.4. The molecule has 0 saturated heterocycles. The average molecular weight is 263 g/mol. The van der Waals surface area contributed by atoms with Crippen molar-refractivity contribution in [3.8, 4) is 0 Å². The number of benzene rings is 1. The van der Waals surface area contributed by atoms with Crippen molar-refractivity contribution in [1.29, 1.82) is 0 Å². The van der Waals surface area contributed by atoms with Crippen LogP contribution >= 0.6 is 0 Å². The Bertz CT molecular complexity index is 504. The summed E-state index contributed by atoms with van der Waals surface area (Å²) in [6.07, 6.45) is 0. The normalized spacial score (nSPS) is 11.3. The Kier molecular flexibility index (Phi) is 4.03. The summed E-state index contributed by atoms with van der Waals surface area (Å²) in [5.74, 6) is -2.36. The van der Waals surface area contributed by atoms with Gasteiger partial charge in [0.1, 0.15) is 0 Å². The zero-order valence-corrected chi connectivity index (χ0v) is 12.4. The molecule has 1 aromatic carbocycles. The highest BCUT2D eigenvalue weighted by molar-refractivity contribution is 6.37. The van der Waals surface area contributed by atoms with Crippen molar-refractivity contribution in [3.05, 3.63) is 28.8 Å². The lowest BCUT2D eigenvalue weighted by Gasteiger charge is -2.25. The number of anilines is 1. The molecule has 104 valence electrons. The second kappa shape index (κ2) is 5.03. The van der Waals surface area contributed by atoms with Crippen molar-refractivity contribution in [2.45, 2.75) is 40.0 Å². The van der Waals surface area contributed by atoms with Crippen LogP contribution in [0.4, 0.5) is 5.69 Å². The van der Waals surface area contributed by atoms with Crippen LogP contribution in [0.25, 0.3) is 0 Å². The topological polar surface area (TPSA) is 57.6 Å². The highest BCUT2D eigenvalue weighted by Gasteiger charge is 2.23. The maximum Gasteiger partial charge on any atom is 0.394 e. The third-order valence-electron chi connectivity index (χ3n) is 3.18. The van der Waals surface area contributed by atoms with Crippen LogP contribution < -0.4 is 4.90 Å². The summed E-state index contributed by atoms with van der Waals surface area (Å²) in [4.78, 5) is 23.5. The summed E-state index contributed by atoms with van der Waals surface area (Å²) in [6, 6.07) is 4.02. The summed E-state index contributed by atoms with van der Waals surface area (Å²) in [6.45, 7) is 10.1. The number of amides is 1. The third-order valence-corrected chi connectivity index (χ3v) is 3.18. The maximum absolute atomic E-state index is 11.6. The van der Waals surface area contributed by atoms with Crippen LogP contribution in [-0.2, 0) is 15.0 Å². The van der Waals surface area contributed by atoms with Crippen LogP contribution in [0, 0.1) is 13.8 Å². The first-order chi connectivity index (χ1) is 8.55. The van der Waals surface area contributed by atoms with Crippen LogP contribution in [0.3, 0.4) is 0 Å². The predicted molar refractivity (Wildman–Crippen MR) is 75.7 cm³/mol. The third kappa shape index (κ3) is 3.13. The maximum atomic E-state index is 11.6. The van der Waals surface area contributed by atoms with Crippen molar-refractivity contribution in [3.63, 3.8) is 0 Å². The van der Waals surface area contributed by atoms with Gasteiger partial charge in [-0.2, -0.15) is 0 Å². The van der Waals surface area contributed by atoms with Crippen LogP contribution in [0.5, 0.6) is 0 Å². The fourth-order valence-electron chi connectivity index (χ4n) is 2.16. The van der Waals surface area contributed by atoms with Crippen molar-refractivity contribution in [2.75, 3.05) is 11.9 Å². The molecule has 0 aliphatic rings. The molecule has 1 N–H and O–H groups in total. The van der Waals surface area contributed by atoms with Crippen molar-refractivity contribution in [1.82, 2.24) is 0 Å². The largest absolute Gasteiger partial charge is 0.474 e. The van der Waals surface area contributed by atoms with Gasteiger partial charge in [0.25, 0.3) is 0 Å². The zero-order chi connectivity index (χ0) is 15.0. The Labute approximate surface area is 114 Å². The molecule has 0 saturated carbocycles. The SMILES string of the molecule is Cc1cc(C(C)(C)C)cc(C)c1N(C)C(=O)C(=O)O. The Morgan fingerprint density at radius 1 is 1.11 bits per heavy atom. The molecule has 4 heteroatoms. The molecule has 0 heterocycles. The lowest BCUT2D eigenvalue weighted by Crippen LogP contribution is -2.34. The van der Waals surface area contributed by atoms with Gasteiger partial charge in [0.05, 0.1) is 0 Å².